The Kier molecular flexibility index (Phi) is 6.28. The van der Waals surface area contributed by atoms with Crippen molar-refractivity contribution in [3.63, 3.8) is 0 Å². The van der Waals surface area contributed by atoms with Crippen LogP contribution in [-0.4, -0.2) is 38.7 Å². The molecule has 31 heavy (non-hydrogen) atoms. The van der Waals surface area contributed by atoms with E-state index in [-0.39, 0.29) is 11.9 Å². The minimum Gasteiger partial charge on any atom is -0.497 e. The van der Waals surface area contributed by atoms with Gasteiger partial charge < -0.3 is 19.1 Å². The summed E-state index contributed by atoms with van der Waals surface area (Å²) in [5, 5.41) is 2.04. The average Bonchev–Trinajstić information content (AvgIpc) is 3.35. The lowest BCUT2D eigenvalue weighted by atomic mass is 9.90. The highest BCUT2D eigenvalue weighted by molar-refractivity contribution is 7.10. The maximum Gasteiger partial charge on any atom is 0.247 e. The molecule has 1 aliphatic heterocycles. The highest BCUT2D eigenvalue weighted by Crippen LogP contribution is 2.42. The molecular formula is C25H25NO4S. The first-order valence-corrected chi connectivity index (χ1v) is 10.9. The van der Waals surface area contributed by atoms with Crippen molar-refractivity contribution in [2.24, 2.45) is 0 Å². The quantitative estimate of drug-likeness (QED) is 0.514. The van der Waals surface area contributed by atoms with Crippen LogP contribution in [0.5, 0.6) is 17.2 Å². The second-order valence-electron chi connectivity index (χ2n) is 7.22. The number of thiophene rings is 1. The summed E-state index contributed by atoms with van der Waals surface area (Å²) in [6.07, 6.45) is 4.23. The van der Waals surface area contributed by atoms with Crippen molar-refractivity contribution in [3.05, 3.63) is 81.6 Å². The Morgan fingerprint density at radius 1 is 1.03 bits per heavy atom. The van der Waals surface area contributed by atoms with Crippen molar-refractivity contribution < 1.29 is 19.0 Å². The van der Waals surface area contributed by atoms with Crippen molar-refractivity contribution in [1.29, 1.82) is 0 Å². The van der Waals surface area contributed by atoms with Crippen molar-refractivity contribution in [3.8, 4) is 17.2 Å². The van der Waals surface area contributed by atoms with Crippen LogP contribution in [0.15, 0.2) is 60.0 Å². The zero-order valence-corrected chi connectivity index (χ0v) is 18.6. The van der Waals surface area contributed by atoms with Gasteiger partial charge in [-0.25, -0.2) is 0 Å². The fourth-order valence-electron chi connectivity index (χ4n) is 3.95. The molecule has 0 saturated carbocycles. The SMILES string of the molecule is COc1cccc(/C=C/C(=O)N2CCc3cc(OC)c(OC)cc3C2c2cccs2)c1. The number of ether oxygens (including phenoxy) is 3. The molecular weight excluding hydrogens is 410 g/mol. The fraction of sp³-hybridized carbons (Fsp3) is 0.240. The molecule has 3 aromatic rings. The first kappa shape index (κ1) is 21.0. The molecule has 1 aromatic heterocycles. The predicted octanol–water partition coefficient (Wildman–Crippen LogP) is 4.96. The molecule has 1 atom stereocenters. The minimum absolute atomic E-state index is 0.0262. The third kappa shape index (κ3) is 4.30. The summed E-state index contributed by atoms with van der Waals surface area (Å²) < 4.78 is 16.3. The second-order valence-corrected chi connectivity index (χ2v) is 8.19. The zero-order valence-electron chi connectivity index (χ0n) is 17.8. The van der Waals surface area contributed by atoms with Crippen LogP contribution in [0.2, 0.25) is 0 Å². The van der Waals surface area contributed by atoms with Crippen molar-refractivity contribution >= 4 is 23.3 Å². The number of amides is 1. The predicted molar refractivity (Wildman–Crippen MR) is 123 cm³/mol. The van der Waals surface area contributed by atoms with Gasteiger partial charge in [0.1, 0.15) is 5.75 Å². The third-order valence-electron chi connectivity index (χ3n) is 5.48. The number of hydrogen-bond donors (Lipinski definition) is 0. The average molecular weight is 436 g/mol. The maximum absolute atomic E-state index is 13.3. The van der Waals surface area contributed by atoms with Crippen LogP contribution >= 0.6 is 11.3 Å². The molecule has 1 unspecified atom stereocenters. The number of benzene rings is 2. The van der Waals surface area contributed by atoms with E-state index in [0.717, 1.165) is 28.2 Å². The van der Waals surface area contributed by atoms with Crippen LogP contribution in [0.1, 0.15) is 27.6 Å². The Morgan fingerprint density at radius 3 is 2.55 bits per heavy atom. The van der Waals surface area contributed by atoms with E-state index < -0.39 is 0 Å². The maximum atomic E-state index is 13.3. The van der Waals surface area contributed by atoms with Crippen LogP contribution in [-0.2, 0) is 11.2 Å². The van der Waals surface area contributed by atoms with Gasteiger partial charge in [-0.1, -0.05) is 18.2 Å². The van der Waals surface area contributed by atoms with Gasteiger partial charge in [0.05, 0.1) is 27.4 Å². The number of hydrogen-bond acceptors (Lipinski definition) is 5. The highest BCUT2D eigenvalue weighted by atomic mass is 32.1. The summed E-state index contributed by atoms with van der Waals surface area (Å²) in [5.41, 5.74) is 3.18. The van der Waals surface area contributed by atoms with Gasteiger partial charge >= 0.3 is 0 Å². The van der Waals surface area contributed by atoms with Crippen LogP contribution in [0.3, 0.4) is 0 Å². The van der Waals surface area contributed by atoms with Crippen molar-refractivity contribution in [2.75, 3.05) is 27.9 Å². The van der Waals surface area contributed by atoms with E-state index in [9.17, 15) is 4.79 Å². The van der Waals surface area contributed by atoms with Crippen LogP contribution < -0.4 is 14.2 Å². The molecule has 0 radical (unpaired) electrons. The Bertz CT molecular complexity index is 1090. The molecule has 1 aliphatic rings. The monoisotopic (exact) mass is 435 g/mol. The Balaban J connectivity index is 1.69. The number of carbonyl (C=O) groups is 1. The molecule has 0 bridgehead atoms. The van der Waals surface area contributed by atoms with Gasteiger partial charge in [0.25, 0.3) is 0 Å². The van der Waals surface area contributed by atoms with E-state index in [2.05, 4.69) is 6.07 Å². The Labute approximate surface area is 186 Å². The van der Waals surface area contributed by atoms with E-state index in [1.54, 1.807) is 38.7 Å². The van der Waals surface area contributed by atoms with Gasteiger partial charge in [0.15, 0.2) is 11.5 Å². The number of methoxy groups -OCH3 is 3. The van der Waals surface area contributed by atoms with Gasteiger partial charge in [0, 0.05) is 17.5 Å². The lowest BCUT2D eigenvalue weighted by Gasteiger charge is -2.37. The van der Waals surface area contributed by atoms with Gasteiger partial charge in [-0.2, -0.15) is 0 Å². The summed E-state index contributed by atoms with van der Waals surface area (Å²) in [4.78, 5) is 16.3. The minimum atomic E-state index is -0.161. The van der Waals surface area contributed by atoms with Gasteiger partial charge in [-0.3, -0.25) is 4.79 Å². The molecule has 2 aromatic carbocycles. The molecule has 0 aliphatic carbocycles. The Morgan fingerprint density at radius 2 is 1.84 bits per heavy atom. The standard InChI is InChI=1S/C25H25NO4S/c1-28-19-7-4-6-17(14-19)9-10-24(27)26-12-11-18-15-21(29-2)22(30-3)16-20(18)25(26)23-8-5-13-31-23/h4-10,13-16,25H,11-12H2,1-3H3/b10-9+. The van der Waals surface area contributed by atoms with E-state index in [4.69, 9.17) is 14.2 Å². The summed E-state index contributed by atoms with van der Waals surface area (Å²) in [7, 11) is 4.91. The smallest absolute Gasteiger partial charge is 0.247 e. The normalized spacial score (nSPS) is 15.6. The van der Waals surface area contributed by atoms with Crippen LogP contribution in [0, 0.1) is 0 Å². The second kappa shape index (κ2) is 9.27. The number of fused-ring (bicyclic) bond motifs is 1. The third-order valence-corrected chi connectivity index (χ3v) is 6.41. The van der Waals surface area contributed by atoms with E-state index in [1.165, 1.54) is 5.56 Å². The van der Waals surface area contributed by atoms with Crippen molar-refractivity contribution in [2.45, 2.75) is 12.5 Å². The first-order chi connectivity index (χ1) is 15.1. The van der Waals surface area contributed by atoms with E-state index >= 15 is 0 Å². The molecule has 0 saturated heterocycles. The summed E-state index contributed by atoms with van der Waals surface area (Å²) in [5.74, 6) is 2.12. The molecule has 1 amide bonds. The zero-order chi connectivity index (χ0) is 21.8. The molecule has 4 rings (SSSR count). The fourth-order valence-corrected chi connectivity index (χ4v) is 4.80. The molecule has 6 heteroatoms. The van der Waals surface area contributed by atoms with E-state index in [0.29, 0.717) is 18.0 Å². The number of carbonyl (C=O) groups excluding carboxylic acids is 1. The van der Waals surface area contributed by atoms with Gasteiger partial charge in [0.2, 0.25) is 5.91 Å². The lowest BCUT2D eigenvalue weighted by Crippen LogP contribution is -2.39. The number of nitrogens with zero attached hydrogens (tertiary/aromatic N) is 1. The first-order valence-electron chi connectivity index (χ1n) is 10.1. The van der Waals surface area contributed by atoms with Gasteiger partial charge in [-0.15, -0.1) is 11.3 Å². The largest absolute Gasteiger partial charge is 0.497 e. The molecule has 5 nitrogen and oxygen atoms in total. The molecule has 2 heterocycles. The molecule has 160 valence electrons. The van der Waals surface area contributed by atoms with E-state index in [1.807, 2.05) is 58.8 Å². The van der Waals surface area contributed by atoms with Crippen LogP contribution in [0.4, 0.5) is 0 Å². The topological polar surface area (TPSA) is 48.0 Å². The van der Waals surface area contributed by atoms with Crippen molar-refractivity contribution in [1.82, 2.24) is 4.90 Å². The molecule has 0 N–H and O–H groups in total. The number of rotatable bonds is 6. The Hall–Kier alpha value is -3.25. The summed E-state index contributed by atoms with van der Waals surface area (Å²) in [6.45, 7) is 0.631. The van der Waals surface area contributed by atoms with Gasteiger partial charge in [-0.05, 0) is 64.9 Å². The van der Waals surface area contributed by atoms with Crippen LogP contribution in [0.25, 0.3) is 6.08 Å². The lowest BCUT2D eigenvalue weighted by molar-refractivity contribution is -0.127. The summed E-state index contributed by atoms with van der Waals surface area (Å²) in [6, 6.07) is 15.6. The molecule has 0 spiro atoms. The molecule has 0 fully saturated rings. The highest BCUT2D eigenvalue weighted by Gasteiger charge is 2.33. The summed E-state index contributed by atoms with van der Waals surface area (Å²) >= 11 is 1.65.